The minimum absolute atomic E-state index is 0.0596. The van der Waals surface area contributed by atoms with Crippen LogP contribution in [0.5, 0.6) is 17.2 Å². The lowest BCUT2D eigenvalue weighted by Crippen LogP contribution is -2.10. The monoisotopic (exact) mass is 566 g/mol. The van der Waals surface area contributed by atoms with Crippen LogP contribution < -0.4 is 14.2 Å². The van der Waals surface area contributed by atoms with E-state index in [0.717, 1.165) is 49.5 Å². The average Bonchev–Trinajstić information content (AvgIpc) is 2.99. The fourth-order valence-corrected chi connectivity index (χ4v) is 3.30. The van der Waals surface area contributed by atoms with Gasteiger partial charge >= 0.3 is 17.9 Å². The van der Waals surface area contributed by atoms with Gasteiger partial charge in [-0.3, -0.25) is 0 Å². The van der Waals surface area contributed by atoms with E-state index in [1.165, 1.54) is 6.08 Å². The minimum atomic E-state index is -0.557. The molecule has 0 bridgehead atoms. The topological polar surface area (TPSA) is 118 Å². The molecule has 2 aromatic carbocycles. The van der Waals surface area contributed by atoms with Crippen LogP contribution in [0, 0.1) is 0 Å². The second-order valence-corrected chi connectivity index (χ2v) is 8.88. The van der Waals surface area contributed by atoms with Crippen LogP contribution in [0.4, 0.5) is 0 Å². The van der Waals surface area contributed by atoms with Gasteiger partial charge in [0.2, 0.25) is 0 Å². The van der Waals surface area contributed by atoms with Crippen LogP contribution in [-0.4, -0.2) is 56.0 Å². The maximum absolute atomic E-state index is 12.2. The number of aliphatic hydroxyl groups is 1. The summed E-state index contributed by atoms with van der Waals surface area (Å²) in [4.78, 5) is 34.5. The van der Waals surface area contributed by atoms with E-state index >= 15 is 0 Å². The zero-order valence-corrected chi connectivity index (χ0v) is 23.3. The van der Waals surface area contributed by atoms with Crippen molar-refractivity contribution in [3.05, 3.63) is 85.0 Å². The molecule has 0 saturated heterocycles. The molecule has 0 heterocycles. The van der Waals surface area contributed by atoms with Crippen molar-refractivity contribution in [2.75, 3.05) is 33.0 Å². The summed E-state index contributed by atoms with van der Waals surface area (Å²) in [6, 6.07) is 14.1. The Morgan fingerprint density at radius 1 is 0.683 bits per heavy atom. The molecule has 0 aliphatic rings. The predicted octanol–water partition coefficient (Wildman–Crippen LogP) is 5.22. The van der Waals surface area contributed by atoms with Crippen molar-refractivity contribution in [1.29, 1.82) is 0 Å². The van der Waals surface area contributed by atoms with Gasteiger partial charge < -0.3 is 28.8 Å². The SMILES string of the molecule is C=CC(=O)OCCCCOc1ccc(OC(=O)/C=C/c2ccc(OCCCCCCOC(=O)C(=C)CO)cc2)cc1. The van der Waals surface area contributed by atoms with Crippen molar-refractivity contribution in [2.24, 2.45) is 0 Å². The van der Waals surface area contributed by atoms with Gasteiger partial charge in [-0.05, 0) is 86.6 Å². The van der Waals surface area contributed by atoms with Gasteiger partial charge in [-0.2, -0.15) is 0 Å². The van der Waals surface area contributed by atoms with Crippen LogP contribution in [0.2, 0.25) is 0 Å². The Morgan fingerprint density at radius 3 is 1.80 bits per heavy atom. The van der Waals surface area contributed by atoms with Crippen LogP contribution in [-0.2, 0) is 23.9 Å². The third kappa shape index (κ3) is 14.5. The van der Waals surface area contributed by atoms with Crippen LogP contribution in [0.3, 0.4) is 0 Å². The van der Waals surface area contributed by atoms with Gasteiger partial charge in [-0.15, -0.1) is 0 Å². The number of unbranched alkanes of at least 4 members (excludes halogenated alkanes) is 4. The Balaban J connectivity index is 1.59. The van der Waals surface area contributed by atoms with Gasteiger partial charge in [0.25, 0.3) is 0 Å². The number of carbonyl (C=O) groups is 3. The summed E-state index contributed by atoms with van der Waals surface area (Å²) in [5, 5.41) is 8.82. The van der Waals surface area contributed by atoms with Crippen molar-refractivity contribution < 1.29 is 43.2 Å². The van der Waals surface area contributed by atoms with E-state index in [-0.39, 0.29) is 5.57 Å². The summed E-state index contributed by atoms with van der Waals surface area (Å²) in [5.74, 6) is 0.298. The first-order chi connectivity index (χ1) is 19.9. The highest BCUT2D eigenvalue weighted by molar-refractivity contribution is 5.89. The number of esters is 3. The molecular weight excluding hydrogens is 528 g/mol. The molecule has 0 spiro atoms. The van der Waals surface area contributed by atoms with E-state index in [9.17, 15) is 14.4 Å². The smallest absolute Gasteiger partial charge is 0.336 e. The molecule has 0 aliphatic carbocycles. The maximum Gasteiger partial charge on any atom is 0.336 e. The lowest BCUT2D eigenvalue weighted by atomic mass is 10.2. The molecule has 0 fully saturated rings. The molecule has 2 rings (SSSR count). The first-order valence-corrected chi connectivity index (χ1v) is 13.5. The third-order valence-electron chi connectivity index (χ3n) is 5.57. The lowest BCUT2D eigenvalue weighted by molar-refractivity contribution is -0.140. The number of aliphatic hydroxyl groups excluding tert-OH is 1. The molecule has 0 aromatic heterocycles. The molecule has 41 heavy (non-hydrogen) atoms. The first kappa shape index (κ1) is 32.8. The lowest BCUT2D eigenvalue weighted by Gasteiger charge is -2.08. The molecule has 9 nitrogen and oxygen atoms in total. The van der Waals surface area contributed by atoms with Crippen LogP contribution >= 0.6 is 0 Å². The first-order valence-electron chi connectivity index (χ1n) is 13.5. The molecule has 220 valence electrons. The molecule has 2 aromatic rings. The fraction of sp³-hybridized carbons (Fsp3) is 0.344. The number of carbonyl (C=O) groups excluding carboxylic acids is 3. The Hall–Kier alpha value is -4.37. The largest absolute Gasteiger partial charge is 0.494 e. The third-order valence-corrected chi connectivity index (χ3v) is 5.57. The van der Waals surface area contributed by atoms with Crippen molar-refractivity contribution in [3.63, 3.8) is 0 Å². The molecule has 0 atom stereocenters. The Bertz CT molecular complexity index is 1130. The molecule has 0 unspecified atom stereocenters. The molecule has 1 N–H and O–H groups in total. The maximum atomic E-state index is 12.2. The van der Waals surface area contributed by atoms with E-state index in [0.29, 0.717) is 44.3 Å². The summed E-state index contributed by atoms with van der Waals surface area (Å²) in [7, 11) is 0. The van der Waals surface area contributed by atoms with E-state index < -0.39 is 24.5 Å². The normalized spacial score (nSPS) is 10.6. The summed E-state index contributed by atoms with van der Waals surface area (Å²) in [6.45, 7) is 8.04. The number of hydrogen-bond acceptors (Lipinski definition) is 9. The van der Waals surface area contributed by atoms with Gasteiger partial charge in [0.1, 0.15) is 17.2 Å². The zero-order chi connectivity index (χ0) is 29.7. The van der Waals surface area contributed by atoms with Crippen LogP contribution in [0.25, 0.3) is 6.08 Å². The molecular formula is C32H38O9. The standard InChI is InChI=1S/C32H38O9/c1-3-30(34)39-22-9-8-21-38-28-15-17-29(18-16-28)41-31(35)19-12-26-10-13-27(14-11-26)37-20-6-4-5-7-23-40-32(36)25(2)24-33/h3,10-19,33H,1-2,4-9,20-24H2/b19-12+. The van der Waals surface area contributed by atoms with Gasteiger partial charge in [0.05, 0.1) is 38.6 Å². The van der Waals surface area contributed by atoms with Gasteiger partial charge in [-0.1, -0.05) is 25.3 Å². The number of benzene rings is 2. The van der Waals surface area contributed by atoms with Gasteiger partial charge in [0.15, 0.2) is 0 Å². The fourth-order valence-electron chi connectivity index (χ4n) is 3.30. The van der Waals surface area contributed by atoms with E-state index in [4.69, 9.17) is 28.8 Å². The Kier molecular flexibility index (Phi) is 15.7. The summed E-state index contributed by atoms with van der Waals surface area (Å²) in [6.07, 6.45) is 9.02. The summed E-state index contributed by atoms with van der Waals surface area (Å²) in [5.41, 5.74) is 0.889. The average molecular weight is 567 g/mol. The van der Waals surface area contributed by atoms with E-state index in [1.807, 2.05) is 24.3 Å². The Morgan fingerprint density at radius 2 is 1.20 bits per heavy atom. The van der Waals surface area contributed by atoms with Crippen molar-refractivity contribution in [3.8, 4) is 17.2 Å². The van der Waals surface area contributed by atoms with E-state index in [1.54, 1.807) is 30.3 Å². The summed E-state index contributed by atoms with van der Waals surface area (Å²) < 4.78 is 26.6. The van der Waals surface area contributed by atoms with Crippen LogP contribution in [0.15, 0.2) is 79.4 Å². The molecule has 0 saturated carbocycles. The Labute approximate surface area is 241 Å². The highest BCUT2D eigenvalue weighted by Gasteiger charge is 2.06. The number of hydrogen-bond donors (Lipinski definition) is 1. The predicted molar refractivity (Wildman–Crippen MR) is 155 cm³/mol. The van der Waals surface area contributed by atoms with E-state index in [2.05, 4.69) is 13.2 Å². The molecule has 0 amide bonds. The number of ether oxygens (including phenoxy) is 5. The number of rotatable bonds is 20. The zero-order valence-electron chi connectivity index (χ0n) is 23.3. The second kappa shape index (κ2) is 19.7. The molecule has 9 heteroatoms. The van der Waals surface area contributed by atoms with Crippen molar-refractivity contribution in [2.45, 2.75) is 38.5 Å². The van der Waals surface area contributed by atoms with Crippen molar-refractivity contribution in [1.82, 2.24) is 0 Å². The van der Waals surface area contributed by atoms with Crippen molar-refractivity contribution >= 4 is 24.0 Å². The highest BCUT2D eigenvalue weighted by Crippen LogP contribution is 2.19. The quantitative estimate of drug-likeness (QED) is 0.0995. The minimum Gasteiger partial charge on any atom is -0.494 e. The highest BCUT2D eigenvalue weighted by atomic mass is 16.5. The second-order valence-electron chi connectivity index (χ2n) is 8.88. The summed E-state index contributed by atoms with van der Waals surface area (Å²) >= 11 is 0. The van der Waals surface area contributed by atoms with Gasteiger partial charge in [-0.25, -0.2) is 14.4 Å². The van der Waals surface area contributed by atoms with Gasteiger partial charge in [0, 0.05) is 12.2 Å². The van der Waals surface area contributed by atoms with Crippen LogP contribution in [0.1, 0.15) is 44.1 Å². The molecule has 0 radical (unpaired) electrons. The molecule has 0 aliphatic heterocycles.